The molecule has 0 atom stereocenters. The first kappa shape index (κ1) is 14.0. The van der Waals surface area contributed by atoms with Crippen molar-refractivity contribution >= 4 is 34.0 Å². The number of hydrogen-bond donors (Lipinski definition) is 1. The fourth-order valence-electron chi connectivity index (χ4n) is 1.69. The van der Waals surface area contributed by atoms with Gasteiger partial charge in [0.1, 0.15) is 0 Å². The van der Waals surface area contributed by atoms with Crippen molar-refractivity contribution in [3.8, 4) is 0 Å². The van der Waals surface area contributed by atoms with Crippen molar-refractivity contribution in [2.24, 2.45) is 0 Å². The Morgan fingerprint density at radius 1 is 1.47 bits per heavy atom. The summed E-state index contributed by atoms with van der Waals surface area (Å²) < 4.78 is 0. The minimum Gasteiger partial charge on any atom is -0.302 e. The summed E-state index contributed by atoms with van der Waals surface area (Å²) in [5.74, 6) is -0.0111. The molecule has 1 N–H and O–H groups in total. The topological polar surface area (TPSA) is 42.0 Å². The molecule has 1 amide bonds. The van der Waals surface area contributed by atoms with E-state index in [4.69, 9.17) is 11.6 Å². The van der Waals surface area contributed by atoms with Crippen LogP contribution < -0.4 is 5.32 Å². The van der Waals surface area contributed by atoms with E-state index in [1.165, 1.54) is 11.3 Å². The number of thiazole rings is 1. The second kappa shape index (κ2) is 6.17. The lowest BCUT2D eigenvalue weighted by Crippen LogP contribution is -2.08. The highest BCUT2D eigenvalue weighted by atomic mass is 35.5. The average molecular weight is 295 g/mol. The van der Waals surface area contributed by atoms with Crippen molar-refractivity contribution in [3.05, 3.63) is 45.4 Å². The number of carbonyl (C=O) groups is 1. The van der Waals surface area contributed by atoms with E-state index in [9.17, 15) is 4.79 Å². The van der Waals surface area contributed by atoms with Gasteiger partial charge in [-0.2, -0.15) is 0 Å². The fraction of sp³-hybridized carbons (Fsp3) is 0.286. The average Bonchev–Trinajstić information content (AvgIpc) is 2.69. The third-order valence-electron chi connectivity index (χ3n) is 2.71. The van der Waals surface area contributed by atoms with Crippen LogP contribution >= 0.6 is 22.9 Å². The predicted octanol–water partition coefficient (Wildman–Crippen LogP) is 4.04. The summed E-state index contributed by atoms with van der Waals surface area (Å²) in [4.78, 5) is 16.9. The van der Waals surface area contributed by atoms with Crippen LogP contribution in [0.25, 0.3) is 0 Å². The monoisotopic (exact) mass is 294 g/mol. The number of halogens is 1. The summed E-state index contributed by atoms with van der Waals surface area (Å²) in [6.07, 6.45) is 1.24. The first-order valence-corrected chi connectivity index (χ1v) is 7.28. The van der Waals surface area contributed by atoms with Gasteiger partial charge in [0.15, 0.2) is 5.13 Å². The third kappa shape index (κ3) is 3.78. The molecule has 5 heteroatoms. The molecule has 100 valence electrons. The summed E-state index contributed by atoms with van der Waals surface area (Å²) in [6.45, 7) is 3.78. The minimum atomic E-state index is -0.0111. The van der Waals surface area contributed by atoms with Crippen LogP contribution in [-0.2, 0) is 11.2 Å². The smallest absolute Gasteiger partial charge is 0.225 e. The summed E-state index contributed by atoms with van der Waals surface area (Å²) in [7, 11) is 0. The van der Waals surface area contributed by atoms with Crippen molar-refractivity contribution < 1.29 is 4.79 Å². The minimum absolute atomic E-state index is 0.0111. The molecule has 19 heavy (non-hydrogen) atoms. The maximum atomic E-state index is 11.3. The van der Waals surface area contributed by atoms with Crippen LogP contribution in [0.15, 0.2) is 24.3 Å². The molecular formula is C14H15ClN2OS. The van der Waals surface area contributed by atoms with Gasteiger partial charge in [0.25, 0.3) is 0 Å². The van der Waals surface area contributed by atoms with Crippen molar-refractivity contribution in [2.45, 2.75) is 26.7 Å². The Labute approximate surface area is 121 Å². The summed E-state index contributed by atoms with van der Waals surface area (Å²) in [5, 5.41) is 4.20. The van der Waals surface area contributed by atoms with E-state index in [1.54, 1.807) is 0 Å². The lowest BCUT2D eigenvalue weighted by molar-refractivity contribution is -0.115. The molecule has 0 saturated heterocycles. The number of rotatable bonds is 4. The standard InChI is InChI=1S/C14H15ClN2OS/c1-3-13(18)17-14-16-9(2)12(19-14)8-10-5-4-6-11(15)7-10/h4-7H,3,8H2,1-2H3,(H,16,17,18). The maximum Gasteiger partial charge on any atom is 0.225 e. The van der Waals surface area contributed by atoms with Gasteiger partial charge >= 0.3 is 0 Å². The highest BCUT2D eigenvalue weighted by Crippen LogP contribution is 2.26. The van der Waals surface area contributed by atoms with Gasteiger partial charge in [-0.05, 0) is 24.6 Å². The Bertz CT molecular complexity index is 595. The molecule has 0 unspecified atom stereocenters. The second-order valence-electron chi connectivity index (χ2n) is 4.24. The largest absolute Gasteiger partial charge is 0.302 e. The molecule has 0 spiro atoms. The van der Waals surface area contributed by atoms with Crippen LogP contribution in [-0.4, -0.2) is 10.9 Å². The second-order valence-corrected chi connectivity index (χ2v) is 5.76. The van der Waals surface area contributed by atoms with Crippen molar-refractivity contribution in [1.29, 1.82) is 0 Å². The van der Waals surface area contributed by atoms with Gasteiger partial charge in [-0.1, -0.05) is 30.7 Å². The molecule has 0 radical (unpaired) electrons. The number of aryl methyl sites for hydroxylation is 1. The molecule has 0 fully saturated rings. The van der Waals surface area contributed by atoms with Crippen LogP contribution in [0.1, 0.15) is 29.5 Å². The van der Waals surface area contributed by atoms with E-state index < -0.39 is 0 Å². The molecule has 0 bridgehead atoms. The van der Waals surface area contributed by atoms with E-state index in [2.05, 4.69) is 10.3 Å². The van der Waals surface area contributed by atoms with Crippen LogP contribution in [0.4, 0.5) is 5.13 Å². The highest BCUT2D eigenvalue weighted by molar-refractivity contribution is 7.15. The van der Waals surface area contributed by atoms with E-state index >= 15 is 0 Å². The Morgan fingerprint density at radius 3 is 2.95 bits per heavy atom. The van der Waals surface area contributed by atoms with Gasteiger partial charge in [0, 0.05) is 22.7 Å². The van der Waals surface area contributed by atoms with Gasteiger partial charge in [-0.25, -0.2) is 4.98 Å². The van der Waals surface area contributed by atoms with E-state index in [0.717, 1.165) is 27.6 Å². The molecule has 1 heterocycles. The van der Waals surface area contributed by atoms with Crippen molar-refractivity contribution in [2.75, 3.05) is 5.32 Å². The number of aromatic nitrogens is 1. The molecular weight excluding hydrogens is 280 g/mol. The quantitative estimate of drug-likeness (QED) is 0.924. The molecule has 1 aromatic heterocycles. The van der Waals surface area contributed by atoms with E-state index in [-0.39, 0.29) is 5.91 Å². The molecule has 0 aliphatic heterocycles. The van der Waals surface area contributed by atoms with E-state index in [1.807, 2.05) is 38.1 Å². The Kier molecular flexibility index (Phi) is 4.56. The van der Waals surface area contributed by atoms with Crippen molar-refractivity contribution in [1.82, 2.24) is 4.98 Å². The molecule has 0 aliphatic carbocycles. The Balaban J connectivity index is 2.15. The van der Waals surface area contributed by atoms with Gasteiger partial charge in [-0.15, -0.1) is 11.3 Å². The van der Waals surface area contributed by atoms with Crippen molar-refractivity contribution in [3.63, 3.8) is 0 Å². The highest BCUT2D eigenvalue weighted by Gasteiger charge is 2.10. The number of hydrogen-bond acceptors (Lipinski definition) is 3. The van der Waals surface area contributed by atoms with E-state index in [0.29, 0.717) is 11.6 Å². The Hall–Kier alpha value is -1.39. The van der Waals surface area contributed by atoms with Gasteiger partial charge in [-0.3, -0.25) is 4.79 Å². The SMILES string of the molecule is CCC(=O)Nc1nc(C)c(Cc2cccc(Cl)c2)s1. The molecule has 0 aliphatic rings. The first-order valence-electron chi connectivity index (χ1n) is 6.09. The third-order valence-corrected chi connectivity index (χ3v) is 4.02. The van der Waals surface area contributed by atoms with Gasteiger partial charge in [0.05, 0.1) is 5.69 Å². The summed E-state index contributed by atoms with van der Waals surface area (Å²) in [6, 6.07) is 7.78. The molecule has 2 aromatic rings. The van der Waals surface area contributed by atoms with Gasteiger partial charge in [0.2, 0.25) is 5.91 Å². The lowest BCUT2D eigenvalue weighted by Gasteiger charge is -2.00. The molecule has 2 rings (SSSR count). The number of amides is 1. The predicted molar refractivity (Wildman–Crippen MR) is 80.0 cm³/mol. The number of benzene rings is 1. The number of nitrogens with zero attached hydrogens (tertiary/aromatic N) is 1. The lowest BCUT2D eigenvalue weighted by atomic mass is 10.1. The van der Waals surface area contributed by atoms with Crippen LogP contribution in [0.5, 0.6) is 0 Å². The molecule has 0 saturated carbocycles. The maximum absolute atomic E-state index is 11.3. The zero-order chi connectivity index (χ0) is 13.8. The number of carbonyl (C=O) groups excluding carboxylic acids is 1. The van der Waals surface area contributed by atoms with Crippen LogP contribution in [0, 0.1) is 6.92 Å². The normalized spacial score (nSPS) is 10.5. The molecule has 1 aromatic carbocycles. The summed E-state index contributed by atoms with van der Waals surface area (Å²) >= 11 is 7.49. The molecule has 3 nitrogen and oxygen atoms in total. The van der Waals surface area contributed by atoms with Crippen LogP contribution in [0.2, 0.25) is 5.02 Å². The first-order chi connectivity index (χ1) is 9.08. The number of anilines is 1. The Morgan fingerprint density at radius 2 is 2.26 bits per heavy atom. The van der Waals surface area contributed by atoms with Gasteiger partial charge < -0.3 is 5.32 Å². The zero-order valence-corrected chi connectivity index (χ0v) is 12.4. The zero-order valence-electron chi connectivity index (χ0n) is 10.9. The number of nitrogens with one attached hydrogen (secondary N) is 1. The van der Waals surface area contributed by atoms with Crippen LogP contribution in [0.3, 0.4) is 0 Å². The fourth-order valence-corrected chi connectivity index (χ4v) is 2.91. The summed E-state index contributed by atoms with van der Waals surface area (Å²) in [5.41, 5.74) is 2.10.